The number of para-hydroxylation sites is 1. The first-order valence-electron chi connectivity index (χ1n) is 8.35. The third kappa shape index (κ3) is 2.34. The van der Waals surface area contributed by atoms with Crippen molar-refractivity contribution in [1.82, 2.24) is 4.57 Å². The van der Waals surface area contributed by atoms with E-state index < -0.39 is 11.5 Å². The van der Waals surface area contributed by atoms with E-state index in [9.17, 15) is 14.7 Å². The number of anilines is 1. The Labute approximate surface area is 149 Å². The summed E-state index contributed by atoms with van der Waals surface area (Å²) in [5.74, 6) is -0.248. The van der Waals surface area contributed by atoms with E-state index in [1.54, 1.807) is 42.0 Å². The summed E-state index contributed by atoms with van der Waals surface area (Å²) in [7, 11) is 1.56. The number of carbonyl (C=O) groups is 1. The highest BCUT2D eigenvalue weighted by Crippen LogP contribution is 2.36. The van der Waals surface area contributed by atoms with Gasteiger partial charge >= 0.3 is 0 Å². The topological polar surface area (TPSA) is 80.6 Å². The second-order valence-electron chi connectivity index (χ2n) is 6.45. The molecule has 6 nitrogen and oxygen atoms in total. The molecule has 26 heavy (non-hydrogen) atoms. The molecule has 0 radical (unpaired) electrons. The van der Waals surface area contributed by atoms with Gasteiger partial charge in [-0.1, -0.05) is 12.1 Å². The molecule has 3 aromatic rings. The molecule has 2 aromatic carbocycles. The van der Waals surface area contributed by atoms with Gasteiger partial charge in [0.25, 0.3) is 11.5 Å². The lowest BCUT2D eigenvalue weighted by Crippen LogP contribution is -2.30. The fraction of sp³-hybridized carbons (Fsp3) is 0.200. The van der Waals surface area contributed by atoms with Crippen LogP contribution in [-0.4, -0.2) is 22.7 Å². The van der Waals surface area contributed by atoms with Gasteiger partial charge in [-0.15, -0.1) is 0 Å². The van der Waals surface area contributed by atoms with E-state index in [1.807, 2.05) is 19.1 Å². The largest absolute Gasteiger partial charge is 0.506 e. The molecule has 4 rings (SSSR count). The average Bonchev–Trinajstić information content (AvgIpc) is 2.97. The van der Waals surface area contributed by atoms with Gasteiger partial charge in [-0.05, 0) is 49.2 Å². The number of benzene rings is 2. The summed E-state index contributed by atoms with van der Waals surface area (Å²) in [5.41, 5.74) is 1.52. The zero-order valence-electron chi connectivity index (χ0n) is 14.4. The predicted octanol–water partition coefficient (Wildman–Crippen LogP) is 3.09. The SMILES string of the molecule is COc1ccc(NC(=O)c2c(O)c3cccc4c3n(c2=O)[C@@H](C)C4)cc1. The number of nitrogens with zero attached hydrogens (tertiary/aromatic N) is 1. The first-order valence-corrected chi connectivity index (χ1v) is 8.35. The molecule has 0 fully saturated rings. The van der Waals surface area contributed by atoms with Crippen LogP contribution in [0.5, 0.6) is 11.5 Å². The Morgan fingerprint density at radius 2 is 1.96 bits per heavy atom. The number of hydrogen-bond donors (Lipinski definition) is 2. The number of methoxy groups -OCH3 is 1. The maximum atomic E-state index is 12.9. The highest BCUT2D eigenvalue weighted by molar-refractivity contribution is 6.09. The fourth-order valence-electron chi connectivity index (χ4n) is 3.59. The lowest BCUT2D eigenvalue weighted by atomic mass is 10.1. The van der Waals surface area contributed by atoms with Crippen molar-refractivity contribution in [3.05, 3.63) is 63.9 Å². The summed E-state index contributed by atoms with van der Waals surface area (Å²) in [6.07, 6.45) is 0.704. The molecular weight excluding hydrogens is 332 g/mol. The van der Waals surface area contributed by atoms with Gasteiger partial charge in [-0.2, -0.15) is 0 Å². The molecule has 132 valence electrons. The van der Waals surface area contributed by atoms with E-state index in [1.165, 1.54) is 0 Å². The second-order valence-corrected chi connectivity index (χ2v) is 6.45. The highest BCUT2D eigenvalue weighted by atomic mass is 16.5. The van der Waals surface area contributed by atoms with E-state index in [0.717, 1.165) is 5.56 Å². The summed E-state index contributed by atoms with van der Waals surface area (Å²) < 4.78 is 6.69. The number of ether oxygens (including phenoxy) is 1. The zero-order chi connectivity index (χ0) is 18.4. The molecule has 0 spiro atoms. The van der Waals surface area contributed by atoms with Gasteiger partial charge in [-0.3, -0.25) is 9.59 Å². The van der Waals surface area contributed by atoms with E-state index in [4.69, 9.17) is 4.74 Å². The average molecular weight is 350 g/mol. The monoisotopic (exact) mass is 350 g/mol. The molecule has 1 amide bonds. The minimum Gasteiger partial charge on any atom is -0.506 e. The molecule has 6 heteroatoms. The van der Waals surface area contributed by atoms with Crippen LogP contribution in [0.2, 0.25) is 0 Å². The Hall–Kier alpha value is -3.28. The first-order chi connectivity index (χ1) is 12.5. The summed E-state index contributed by atoms with van der Waals surface area (Å²) in [6.45, 7) is 1.93. The van der Waals surface area contributed by atoms with E-state index >= 15 is 0 Å². The Morgan fingerprint density at radius 3 is 2.65 bits per heavy atom. The maximum absolute atomic E-state index is 12.9. The number of nitrogens with one attached hydrogen (secondary N) is 1. The number of aromatic nitrogens is 1. The van der Waals surface area contributed by atoms with Crippen molar-refractivity contribution in [2.45, 2.75) is 19.4 Å². The molecule has 0 aliphatic carbocycles. The van der Waals surface area contributed by atoms with Crippen LogP contribution in [0.3, 0.4) is 0 Å². The molecule has 0 unspecified atom stereocenters. The van der Waals surface area contributed by atoms with E-state index in [2.05, 4.69) is 5.32 Å². The highest BCUT2D eigenvalue weighted by Gasteiger charge is 2.29. The van der Waals surface area contributed by atoms with Crippen molar-refractivity contribution in [1.29, 1.82) is 0 Å². The summed E-state index contributed by atoms with van der Waals surface area (Å²) in [5, 5.41) is 13.8. The number of aromatic hydroxyl groups is 1. The molecule has 1 aliphatic rings. The van der Waals surface area contributed by atoms with Gasteiger partial charge in [0.1, 0.15) is 17.1 Å². The molecular formula is C20H18N2O4. The Kier molecular flexibility index (Phi) is 3.68. The van der Waals surface area contributed by atoms with Crippen LogP contribution in [0.1, 0.15) is 28.9 Å². The molecule has 1 atom stereocenters. The van der Waals surface area contributed by atoms with Crippen LogP contribution in [0.25, 0.3) is 10.9 Å². The lowest BCUT2D eigenvalue weighted by molar-refractivity contribution is 0.102. The molecule has 1 aliphatic heterocycles. The van der Waals surface area contributed by atoms with Gasteiger partial charge in [0.2, 0.25) is 0 Å². The maximum Gasteiger partial charge on any atom is 0.268 e. The number of pyridine rings is 1. The van der Waals surface area contributed by atoms with Crippen molar-refractivity contribution in [2.24, 2.45) is 0 Å². The minimum atomic E-state index is -0.632. The summed E-state index contributed by atoms with van der Waals surface area (Å²) in [4.78, 5) is 25.7. The molecule has 2 heterocycles. The second kappa shape index (κ2) is 5.91. The van der Waals surface area contributed by atoms with Gasteiger partial charge in [0.15, 0.2) is 0 Å². The quantitative estimate of drug-likeness (QED) is 0.761. The van der Waals surface area contributed by atoms with E-state index in [0.29, 0.717) is 28.8 Å². The normalized spacial score (nSPS) is 15.2. The number of carbonyl (C=O) groups excluding carboxylic acids is 1. The van der Waals surface area contributed by atoms with Gasteiger partial charge in [-0.25, -0.2) is 0 Å². The predicted molar refractivity (Wildman–Crippen MR) is 99.2 cm³/mol. The van der Waals surface area contributed by atoms with Crippen molar-refractivity contribution in [3.63, 3.8) is 0 Å². The van der Waals surface area contributed by atoms with Gasteiger partial charge in [0.05, 0.1) is 12.6 Å². The fourth-order valence-corrected chi connectivity index (χ4v) is 3.59. The van der Waals surface area contributed by atoms with Crippen LogP contribution in [0, 0.1) is 0 Å². The molecule has 0 saturated carbocycles. The number of amides is 1. The Bertz CT molecular complexity index is 1080. The number of rotatable bonds is 3. The molecule has 1 aromatic heterocycles. The smallest absolute Gasteiger partial charge is 0.268 e. The van der Waals surface area contributed by atoms with Crippen LogP contribution in [0.4, 0.5) is 5.69 Å². The van der Waals surface area contributed by atoms with Gasteiger partial charge in [0, 0.05) is 17.1 Å². The third-order valence-corrected chi connectivity index (χ3v) is 4.82. The molecule has 0 saturated heterocycles. The van der Waals surface area contributed by atoms with Crippen LogP contribution >= 0.6 is 0 Å². The zero-order valence-corrected chi connectivity index (χ0v) is 14.4. The van der Waals surface area contributed by atoms with E-state index in [-0.39, 0.29) is 17.4 Å². The van der Waals surface area contributed by atoms with Crippen molar-refractivity contribution < 1.29 is 14.6 Å². The summed E-state index contributed by atoms with van der Waals surface area (Å²) >= 11 is 0. The van der Waals surface area contributed by atoms with Crippen LogP contribution in [-0.2, 0) is 6.42 Å². The third-order valence-electron chi connectivity index (χ3n) is 4.82. The van der Waals surface area contributed by atoms with Crippen molar-refractivity contribution in [3.8, 4) is 11.5 Å². The van der Waals surface area contributed by atoms with Gasteiger partial charge < -0.3 is 19.7 Å². The molecule has 2 N–H and O–H groups in total. The molecule has 0 bridgehead atoms. The van der Waals surface area contributed by atoms with Crippen LogP contribution < -0.4 is 15.6 Å². The van der Waals surface area contributed by atoms with Crippen LogP contribution in [0.15, 0.2) is 47.3 Å². The summed E-state index contributed by atoms with van der Waals surface area (Å²) in [6, 6.07) is 12.2. The Morgan fingerprint density at radius 1 is 1.23 bits per heavy atom. The first kappa shape index (κ1) is 16.2. The Balaban J connectivity index is 1.82. The van der Waals surface area contributed by atoms with Crippen molar-refractivity contribution in [2.75, 3.05) is 12.4 Å². The van der Waals surface area contributed by atoms with Crippen molar-refractivity contribution >= 4 is 22.5 Å². The number of hydrogen-bond acceptors (Lipinski definition) is 4. The lowest BCUT2D eigenvalue weighted by Gasteiger charge is -2.14. The standard InChI is InChI=1S/C20H18N2O4/c1-11-10-12-4-3-5-15-17(12)22(11)20(25)16(18(15)23)19(24)21-13-6-8-14(26-2)9-7-13/h3-9,11,23H,10H2,1-2H3,(H,21,24)/t11-/m0/s1. The minimum absolute atomic E-state index is 0.0597.